The first kappa shape index (κ1) is 17.3. The lowest BCUT2D eigenvalue weighted by Gasteiger charge is -2.26. The molecule has 0 spiro atoms. The van der Waals surface area contributed by atoms with Gasteiger partial charge < -0.3 is 10.4 Å². The molecule has 1 rings (SSSR count). The second-order valence-electron chi connectivity index (χ2n) is 4.59. The third-order valence-corrected chi connectivity index (χ3v) is 4.57. The van der Waals surface area contributed by atoms with Crippen LogP contribution in [0, 0.1) is 0 Å². The number of carboxylic acid groups (broad SMARTS) is 1. The Bertz CT molecular complexity index is 625. The minimum Gasteiger partial charge on any atom is -0.480 e. The Kier molecular flexibility index (Phi) is 4.57. The Morgan fingerprint density at radius 2 is 1.71 bits per heavy atom. The Morgan fingerprint density at radius 3 is 2.05 bits per heavy atom. The van der Waals surface area contributed by atoms with Crippen LogP contribution in [0.4, 0.5) is 18.9 Å². The van der Waals surface area contributed by atoms with E-state index in [9.17, 15) is 26.4 Å². The van der Waals surface area contributed by atoms with Crippen LogP contribution in [-0.2, 0) is 14.6 Å². The minimum atomic E-state index is -5.40. The van der Waals surface area contributed by atoms with Crippen molar-refractivity contribution in [1.82, 2.24) is 0 Å². The first-order valence-corrected chi connectivity index (χ1v) is 7.35. The number of nitrogens with one attached hydrogen (secondary N) is 1. The normalized spacial score (nSPS) is 15.3. The number of carboxylic acids is 1. The largest absolute Gasteiger partial charge is 0.501 e. The highest BCUT2D eigenvalue weighted by molar-refractivity contribution is 7.92. The fourth-order valence-corrected chi connectivity index (χ4v) is 2.22. The summed E-state index contributed by atoms with van der Waals surface area (Å²) in [5.41, 5.74) is -6.46. The van der Waals surface area contributed by atoms with Crippen LogP contribution >= 0.6 is 0 Å². The number of carbonyl (C=O) groups is 1. The summed E-state index contributed by atoms with van der Waals surface area (Å²) in [6.45, 7) is 3.04. The molecule has 1 aromatic carbocycles. The molecule has 0 aliphatic heterocycles. The molecule has 0 radical (unpaired) electrons. The van der Waals surface area contributed by atoms with Crippen molar-refractivity contribution in [2.45, 2.75) is 36.2 Å². The second kappa shape index (κ2) is 5.55. The van der Waals surface area contributed by atoms with E-state index in [1.807, 2.05) is 0 Å². The molecular weight excluding hydrogens is 311 g/mol. The van der Waals surface area contributed by atoms with Crippen LogP contribution in [0.1, 0.15) is 20.3 Å². The summed E-state index contributed by atoms with van der Waals surface area (Å²) in [4.78, 5) is 10.2. The van der Waals surface area contributed by atoms with Gasteiger partial charge in [0.25, 0.3) is 9.84 Å². The number of aliphatic carboxylic acids is 1. The van der Waals surface area contributed by atoms with Crippen molar-refractivity contribution in [3.05, 3.63) is 24.3 Å². The van der Waals surface area contributed by atoms with Crippen molar-refractivity contribution >= 4 is 21.5 Å². The van der Waals surface area contributed by atoms with Crippen molar-refractivity contribution in [2.24, 2.45) is 0 Å². The summed E-state index contributed by atoms with van der Waals surface area (Å²) in [5, 5.41) is 11.7. The predicted molar refractivity (Wildman–Crippen MR) is 69.6 cm³/mol. The highest BCUT2D eigenvalue weighted by Crippen LogP contribution is 2.31. The smallest absolute Gasteiger partial charge is 0.480 e. The van der Waals surface area contributed by atoms with Crippen molar-refractivity contribution in [3.63, 3.8) is 0 Å². The number of hydrogen-bond donors (Lipinski definition) is 2. The van der Waals surface area contributed by atoms with Gasteiger partial charge in [-0.2, -0.15) is 13.2 Å². The zero-order chi connectivity index (χ0) is 16.5. The van der Waals surface area contributed by atoms with E-state index in [0.29, 0.717) is 0 Å². The van der Waals surface area contributed by atoms with Gasteiger partial charge in [0.2, 0.25) is 0 Å². The van der Waals surface area contributed by atoms with Crippen molar-refractivity contribution in [3.8, 4) is 0 Å². The molecule has 5 nitrogen and oxygen atoms in total. The molecule has 0 saturated carbocycles. The molecule has 1 atom stereocenters. The maximum atomic E-state index is 12.4. The van der Waals surface area contributed by atoms with Gasteiger partial charge in [0.1, 0.15) is 5.54 Å². The summed E-state index contributed by atoms with van der Waals surface area (Å²) in [7, 11) is -5.40. The number of hydrogen-bond acceptors (Lipinski definition) is 4. The van der Waals surface area contributed by atoms with Gasteiger partial charge >= 0.3 is 11.5 Å². The molecule has 0 fully saturated rings. The van der Waals surface area contributed by atoms with Crippen molar-refractivity contribution in [2.75, 3.05) is 5.32 Å². The Balaban J connectivity index is 3.08. The maximum absolute atomic E-state index is 12.4. The Morgan fingerprint density at radius 1 is 1.24 bits per heavy atom. The molecule has 118 valence electrons. The molecule has 0 bridgehead atoms. The van der Waals surface area contributed by atoms with E-state index < -0.39 is 31.7 Å². The monoisotopic (exact) mass is 325 g/mol. The first-order valence-electron chi connectivity index (χ1n) is 5.87. The molecule has 0 aromatic heterocycles. The summed E-state index contributed by atoms with van der Waals surface area (Å²) in [6.07, 6.45) is 0.227. The average Bonchev–Trinajstić information content (AvgIpc) is 2.37. The summed E-state index contributed by atoms with van der Waals surface area (Å²) < 4.78 is 59.5. The highest BCUT2D eigenvalue weighted by atomic mass is 32.2. The lowest BCUT2D eigenvalue weighted by molar-refractivity contribution is -0.141. The molecule has 2 N–H and O–H groups in total. The quantitative estimate of drug-likeness (QED) is 0.869. The highest BCUT2D eigenvalue weighted by Gasteiger charge is 2.46. The third kappa shape index (κ3) is 3.46. The first-order chi connectivity index (χ1) is 9.44. The van der Waals surface area contributed by atoms with Gasteiger partial charge in [0, 0.05) is 5.69 Å². The molecule has 1 aromatic rings. The average molecular weight is 325 g/mol. The lowest BCUT2D eigenvalue weighted by Crippen LogP contribution is -2.42. The van der Waals surface area contributed by atoms with Crippen molar-refractivity contribution < 1.29 is 31.5 Å². The summed E-state index contributed by atoms with van der Waals surface area (Å²) >= 11 is 0. The van der Waals surface area contributed by atoms with E-state index in [-0.39, 0.29) is 12.1 Å². The SMILES string of the molecule is CCC(C)(Nc1ccc(S(=O)(=O)C(F)(F)F)cc1)C(=O)O. The van der Waals surface area contributed by atoms with Crippen LogP contribution in [0.15, 0.2) is 29.2 Å². The van der Waals surface area contributed by atoms with E-state index in [0.717, 1.165) is 24.3 Å². The molecule has 9 heteroatoms. The van der Waals surface area contributed by atoms with E-state index in [1.54, 1.807) is 6.92 Å². The number of halogens is 3. The van der Waals surface area contributed by atoms with Crippen LogP contribution in [0.3, 0.4) is 0 Å². The van der Waals surface area contributed by atoms with E-state index in [1.165, 1.54) is 6.92 Å². The van der Waals surface area contributed by atoms with Crippen LogP contribution in [0.2, 0.25) is 0 Å². The summed E-state index contributed by atoms with van der Waals surface area (Å²) in [6, 6.07) is 3.75. The fourth-order valence-electron chi connectivity index (χ4n) is 1.46. The summed E-state index contributed by atoms with van der Waals surface area (Å²) in [5.74, 6) is -1.13. The fraction of sp³-hybridized carbons (Fsp3) is 0.417. The standard InChI is InChI=1S/C12H14F3NO4S/c1-3-11(2,10(17)18)16-8-4-6-9(7-5-8)21(19,20)12(13,14)15/h4-7,16H,3H2,1-2H3,(H,17,18). The van der Waals surface area contributed by atoms with Crippen LogP contribution in [0.5, 0.6) is 0 Å². The molecule has 0 amide bonds. The van der Waals surface area contributed by atoms with Crippen LogP contribution < -0.4 is 5.32 Å². The van der Waals surface area contributed by atoms with Gasteiger partial charge in [-0.3, -0.25) is 0 Å². The number of benzene rings is 1. The molecule has 0 aliphatic carbocycles. The number of sulfone groups is 1. The maximum Gasteiger partial charge on any atom is 0.501 e. The van der Waals surface area contributed by atoms with Gasteiger partial charge in [0.05, 0.1) is 4.90 Å². The van der Waals surface area contributed by atoms with Gasteiger partial charge in [-0.1, -0.05) is 6.92 Å². The Labute approximate surface area is 119 Å². The molecule has 0 saturated heterocycles. The van der Waals surface area contributed by atoms with Gasteiger partial charge in [-0.15, -0.1) is 0 Å². The minimum absolute atomic E-state index is 0.211. The Hall–Kier alpha value is -1.77. The van der Waals surface area contributed by atoms with Crippen LogP contribution in [0.25, 0.3) is 0 Å². The number of anilines is 1. The van der Waals surface area contributed by atoms with E-state index in [2.05, 4.69) is 5.32 Å². The zero-order valence-corrected chi connectivity index (χ0v) is 12.0. The topological polar surface area (TPSA) is 83.5 Å². The van der Waals surface area contributed by atoms with E-state index >= 15 is 0 Å². The van der Waals surface area contributed by atoms with Crippen LogP contribution in [-0.4, -0.2) is 30.5 Å². The molecular formula is C12H14F3NO4S. The molecule has 0 heterocycles. The van der Waals surface area contributed by atoms with Crippen molar-refractivity contribution in [1.29, 1.82) is 0 Å². The van der Waals surface area contributed by atoms with Gasteiger partial charge in [-0.25, -0.2) is 13.2 Å². The van der Waals surface area contributed by atoms with Gasteiger partial charge in [-0.05, 0) is 37.6 Å². The molecule has 0 aliphatic rings. The zero-order valence-electron chi connectivity index (χ0n) is 11.2. The number of alkyl halides is 3. The lowest BCUT2D eigenvalue weighted by atomic mass is 9.99. The van der Waals surface area contributed by atoms with E-state index in [4.69, 9.17) is 5.11 Å². The third-order valence-electron chi connectivity index (χ3n) is 3.07. The van der Waals surface area contributed by atoms with Gasteiger partial charge in [0.15, 0.2) is 0 Å². The predicted octanol–water partition coefficient (Wildman–Crippen LogP) is 2.65. The second-order valence-corrected chi connectivity index (χ2v) is 6.53. The number of rotatable bonds is 5. The molecule has 1 unspecified atom stereocenters. The molecule has 21 heavy (non-hydrogen) atoms.